The molecule has 1 atom stereocenters. The molecular formula is C20H16ClFN4O2. The number of aromatic nitrogens is 2. The lowest BCUT2D eigenvalue weighted by Crippen LogP contribution is -2.33. The van der Waals surface area contributed by atoms with Crippen molar-refractivity contribution in [1.29, 1.82) is 0 Å². The first kappa shape index (κ1) is 17.2. The van der Waals surface area contributed by atoms with Gasteiger partial charge in [0.15, 0.2) is 0 Å². The molecule has 5 rings (SSSR count). The van der Waals surface area contributed by atoms with Gasteiger partial charge in [0.2, 0.25) is 11.9 Å². The Morgan fingerprint density at radius 3 is 2.79 bits per heavy atom. The summed E-state index contributed by atoms with van der Waals surface area (Å²) in [5, 5.41) is 2.62. The van der Waals surface area contributed by atoms with Crippen molar-refractivity contribution in [1.82, 2.24) is 9.55 Å². The van der Waals surface area contributed by atoms with E-state index in [1.54, 1.807) is 4.90 Å². The van der Waals surface area contributed by atoms with Gasteiger partial charge in [0.1, 0.15) is 11.9 Å². The van der Waals surface area contributed by atoms with Gasteiger partial charge in [-0.1, -0.05) is 23.7 Å². The van der Waals surface area contributed by atoms with Gasteiger partial charge in [-0.15, -0.1) is 0 Å². The summed E-state index contributed by atoms with van der Waals surface area (Å²) in [6.07, 6.45) is 1.86. The van der Waals surface area contributed by atoms with Crippen LogP contribution in [0.4, 0.5) is 16.0 Å². The fraction of sp³-hybridized carbons (Fsp3) is 0.250. The van der Waals surface area contributed by atoms with Crippen LogP contribution in [0.15, 0.2) is 42.5 Å². The molecule has 2 aliphatic rings. The van der Waals surface area contributed by atoms with E-state index in [4.69, 9.17) is 11.6 Å². The number of hydrogen-bond acceptors (Lipinski definition) is 3. The summed E-state index contributed by atoms with van der Waals surface area (Å²) < 4.78 is 15.2. The van der Waals surface area contributed by atoms with Crippen LogP contribution in [0.2, 0.25) is 5.02 Å². The number of nitrogens with one attached hydrogen (secondary N) is 1. The van der Waals surface area contributed by atoms with E-state index in [2.05, 4.69) is 10.3 Å². The highest BCUT2D eigenvalue weighted by Crippen LogP contribution is 2.42. The Morgan fingerprint density at radius 2 is 2.04 bits per heavy atom. The zero-order valence-corrected chi connectivity index (χ0v) is 15.5. The van der Waals surface area contributed by atoms with Crippen LogP contribution in [-0.4, -0.2) is 27.4 Å². The first-order valence-corrected chi connectivity index (χ1v) is 9.45. The van der Waals surface area contributed by atoms with Gasteiger partial charge in [-0.3, -0.25) is 19.1 Å². The molecule has 8 heteroatoms. The molecule has 0 saturated heterocycles. The Labute approximate surface area is 164 Å². The van der Waals surface area contributed by atoms with Crippen molar-refractivity contribution >= 4 is 46.1 Å². The number of anilines is 2. The van der Waals surface area contributed by atoms with Crippen LogP contribution in [-0.2, 0) is 9.59 Å². The molecule has 1 aliphatic heterocycles. The molecule has 1 aromatic heterocycles. The molecule has 2 amide bonds. The predicted molar refractivity (Wildman–Crippen MR) is 104 cm³/mol. The van der Waals surface area contributed by atoms with Gasteiger partial charge >= 0.3 is 0 Å². The average Bonchev–Trinajstić information content (AvgIpc) is 3.37. The maximum absolute atomic E-state index is 13.3. The predicted octanol–water partition coefficient (Wildman–Crippen LogP) is 3.91. The van der Waals surface area contributed by atoms with E-state index in [0.717, 1.165) is 23.9 Å². The summed E-state index contributed by atoms with van der Waals surface area (Å²) in [5.74, 6) is -0.401. The minimum absolute atomic E-state index is 0.0373. The maximum atomic E-state index is 13.3. The fourth-order valence-corrected chi connectivity index (χ4v) is 3.88. The number of carbonyl (C=O) groups is 2. The van der Waals surface area contributed by atoms with Crippen molar-refractivity contribution in [2.75, 3.05) is 10.2 Å². The maximum Gasteiger partial charge on any atom is 0.253 e. The molecule has 1 fully saturated rings. The molecule has 1 unspecified atom stereocenters. The second-order valence-corrected chi connectivity index (χ2v) is 7.51. The lowest BCUT2D eigenvalue weighted by Gasteiger charge is -2.15. The number of imidazole rings is 1. The Kier molecular flexibility index (Phi) is 3.87. The van der Waals surface area contributed by atoms with E-state index in [1.807, 2.05) is 28.8 Å². The number of hydrogen-bond donors (Lipinski definition) is 1. The molecule has 28 heavy (non-hydrogen) atoms. The number of rotatable bonds is 4. The zero-order chi connectivity index (χ0) is 19.4. The number of nitrogens with zero attached hydrogens (tertiary/aromatic N) is 3. The van der Waals surface area contributed by atoms with Crippen molar-refractivity contribution in [2.24, 2.45) is 0 Å². The molecule has 142 valence electrons. The number of benzene rings is 2. The molecular weight excluding hydrogens is 383 g/mol. The Balaban J connectivity index is 1.45. The highest BCUT2D eigenvalue weighted by molar-refractivity contribution is 6.31. The van der Waals surface area contributed by atoms with Crippen molar-refractivity contribution in [3.05, 3.63) is 53.3 Å². The number of para-hydroxylation sites is 2. The monoisotopic (exact) mass is 398 g/mol. The standard InChI is InChI=1S/C20H16ClFN4O2/c21-13-9-11(5-8-14(13)22)23-18(27)10-17-19(28)25(12-6-7-12)20-24-15-3-1-2-4-16(15)26(17)20/h1-5,8-9,12,17H,6-7,10H2,(H,23,27). The van der Waals surface area contributed by atoms with E-state index in [1.165, 1.54) is 18.2 Å². The van der Waals surface area contributed by atoms with Crippen LogP contribution in [0.5, 0.6) is 0 Å². The zero-order valence-electron chi connectivity index (χ0n) is 14.7. The number of fused-ring (bicyclic) bond motifs is 3. The number of amides is 2. The summed E-state index contributed by atoms with van der Waals surface area (Å²) in [6.45, 7) is 0. The van der Waals surface area contributed by atoms with E-state index in [-0.39, 0.29) is 29.3 Å². The molecule has 1 saturated carbocycles. The molecule has 1 N–H and O–H groups in total. The van der Waals surface area contributed by atoms with E-state index in [9.17, 15) is 14.0 Å². The SMILES string of the molecule is O=C(CC1C(=O)N(C2CC2)c2nc3ccccc3n21)Nc1ccc(F)c(Cl)c1. The smallest absolute Gasteiger partial charge is 0.253 e. The van der Waals surface area contributed by atoms with Crippen LogP contribution < -0.4 is 10.2 Å². The van der Waals surface area contributed by atoms with E-state index >= 15 is 0 Å². The molecule has 0 bridgehead atoms. The van der Waals surface area contributed by atoms with Gasteiger partial charge in [-0.25, -0.2) is 9.37 Å². The second kappa shape index (κ2) is 6.31. The van der Waals surface area contributed by atoms with Crippen LogP contribution in [0.25, 0.3) is 11.0 Å². The Morgan fingerprint density at radius 1 is 1.25 bits per heavy atom. The summed E-state index contributed by atoms with van der Waals surface area (Å²) in [6, 6.07) is 11.1. The minimum atomic E-state index is -0.654. The third kappa shape index (κ3) is 2.74. The quantitative estimate of drug-likeness (QED) is 0.724. The molecule has 1 aliphatic carbocycles. The lowest BCUT2D eigenvalue weighted by molar-refractivity contribution is -0.124. The Bertz CT molecular complexity index is 1120. The molecule has 0 spiro atoms. The fourth-order valence-electron chi connectivity index (χ4n) is 3.69. The number of halogens is 2. The molecule has 2 aromatic carbocycles. The van der Waals surface area contributed by atoms with Crippen molar-refractivity contribution in [3.8, 4) is 0 Å². The molecule has 6 nitrogen and oxygen atoms in total. The first-order valence-electron chi connectivity index (χ1n) is 9.08. The van der Waals surface area contributed by atoms with Gasteiger partial charge in [0, 0.05) is 11.7 Å². The van der Waals surface area contributed by atoms with Gasteiger partial charge in [-0.05, 0) is 43.2 Å². The third-order valence-electron chi connectivity index (χ3n) is 5.12. The molecule has 2 heterocycles. The molecule has 3 aromatic rings. The number of carbonyl (C=O) groups excluding carboxylic acids is 2. The van der Waals surface area contributed by atoms with Gasteiger partial charge in [0.25, 0.3) is 5.91 Å². The van der Waals surface area contributed by atoms with Crippen LogP contribution >= 0.6 is 11.6 Å². The summed E-state index contributed by atoms with van der Waals surface area (Å²) in [4.78, 5) is 32.0. The average molecular weight is 399 g/mol. The van der Waals surface area contributed by atoms with Crippen molar-refractivity contribution in [2.45, 2.75) is 31.3 Å². The second-order valence-electron chi connectivity index (χ2n) is 7.11. The van der Waals surface area contributed by atoms with Crippen LogP contribution in [0, 0.1) is 5.82 Å². The van der Waals surface area contributed by atoms with Crippen molar-refractivity contribution < 1.29 is 14.0 Å². The van der Waals surface area contributed by atoms with Gasteiger partial charge in [0.05, 0.1) is 22.5 Å². The highest BCUT2D eigenvalue weighted by Gasteiger charge is 2.47. The summed E-state index contributed by atoms with van der Waals surface area (Å²) >= 11 is 5.77. The largest absolute Gasteiger partial charge is 0.326 e. The topological polar surface area (TPSA) is 67.2 Å². The third-order valence-corrected chi connectivity index (χ3v) is 5.41. The molecule has 0 radical (unpaired) electrons. The van der Waals surface area contributed by atoms with Gasteiger partial charge in [-0.2, -0.15) is 0 Å². The van der Waals surface area contributed by atoms with Crippen LogP contribution in [0.1, 0.15) is 25.3 Å². The summed E-state index contributed by atoms with van der Waals surface area (Å²) in [5.41, 5.74) is 2.01. The summed E-state index contributed by atoms with van der Waals surface area (Å²) in [7, 11) is 0. The van der Waals surface area contributed by atoms with Crippen LogP contribution in [0.3, 0.4) is 0 Å². The van der Waals surface area contributed by atoms with E-state index < -0.39 is 11.9 Å². The Hall–Kier alpha value is -2.93. The normalized spacial score (nSPS) is 18.6. The minimum Gasteiger partial charge on any atom is -0.326 e. The van der Waals surface area contributed by atoms with Gasteiger partial charge < -0.3 is 5.32 Å². The van der Waals surface area contributed by atoms with Crippen molar-refractivity contribution in [3.63, 3.8) is 0 Å². The first-order chi connectivity index (χ1) is 13.5. The highest BCUT2D eigenvalue weighted by atomic mass is 35.5. The lowest BCUT2D eigenvalue weighted by atomic mass is 10.1. The van der Waals surface area contributed by atoms with E-state index in [0.29, 0.717) is 11.6 Å².